The molecule has 0 aliphatic carbocycles. The summed E-state index contributed by atoms with van der Waals surface area (Å²) in [6.45, 7) is 24.6. The molecule has 2 heterocycles. The Morgan fingerprint density at radius 2 is 1.30 bits per heavy atom. The molecule has 0 aliphatic rings. The minimum atomic E-state index is -2.48. The van der Waals surface area contributed by atoms with Crippen LogP contribution in [0.2, 0.25) is 5.04 Å². The van der Waals surface area contributed by atoms with Crippen LogP contribution in [0.25, 0.3) is 32.1 Å². The van der Waals surface area contributed by atoms with Crippen molar-refractivity contribution in [3.63, 3.8) is 0 Å². The Kier molecular flexibility index (Phi) is 15.7. The molecule has 3 nitrogen and oxygen atoms in total. The Hall–Kier alpha value is -3.67. The molecule has 0 saturated carbocycles. The van der Waals surface area contributed by atoms with E-state index in [9.17, 15) is 9.90 Å². The van der Waals surface area contributed by atoms with E-state index in [-0.39, 0.29) is 53.9 Å². The first-order valence-corrected chi connectivity index (χ1v) is 23.3. The van der Waals surface area contributed by atoms with Crippen molar-refractivity contribution >= 4 is 60.9 Å². The number of hydrogen-bond donors (Lipinski definition) is 1. The van der Waals surface area contributed by atoms with Crippen molar-refractivity contribution in [2.45, 2.75) is 112 Å². The third-order valence-electron chi connectivity index (χ3n) is 11.7. The van der Waals surface area contributed by atoms with Gasteiger partial charge in [0.05, 0.1) is 5.76 Å². The van der Waals surface area contributed by atoms with Crippen molar-refractivity contribution in [2.75, 3.05) is 0 Å². The molecule has 0 unspecified atom stereocenters. The number of nitrogens with zero attached hydrogens (tertiary/aromatic N) is 1. The van der Waals surface area contributed by atoms with E-state index in [0.29, 0.717) is 0 Å². The van der Waals surface area contributed by atoms with E-state index >= 15 is 0 Å². The van der Waals surface area contributed by atoms with Crippen LogP contribution in [0.5, 0.6) is 0 Å². The van der Waals surface area contributed by atoms with Gasteiger partial charge < -0.3 is 5.11 Å². The normalized spacial score (nSPS) is 12.5. The fraction of sp³-hybridized carbons (Fsp3) is 0.373. The van der Waals surface area contributed by atoms with Crippen molar-refractivity contribution in [2.24, 2.45) is 11.8 Å². The molecule has 0 fully saturated rings. The number of thiophene rings is 1. The fourth-order valence-electron chi connectivity index (χ4n) is 8.47. The summed E-state index contributed by atoms with van der Waals surface area (Å²) >= 11 is 1.97. The quantitative estimate of drug-likeness (QED) is 0.0609. The van der Waals surface area contributed by atoms with Crippen molar-refractivity contribution < 1.29 is 30.0 Å². The van der Waals surface area contributed by atoms with Crippen LogP contribution in [-0.4, -0.2) is 23.9 Å². The Morgan fingerprint density at radius 3 is 1.81 bits per heavy atom. The second-order valence-electron chi connectivity index (χ2n) is 17.2. The van der Waals surface area contributed by atoms with E-state index in [1.165, 1.54) is 47.5 Å². The second-order valence-corrected chi connectivity index (χ2v) is 23.3. The first-order valence-electron chi connectivity index (χ1n) is 20.5. The van der Waals surface area contributed by atoms with Gasteiger partial charge in [0.2, 0.25) is 0 Å². The van der Waals surface area contributed by atoms with E-state index < -0.39 is 8.07 Å². The topological polar surface area (TPSA) is 50.2 Å². The number of aromatic nitrogens is 1. The summed E-state index contributed by atoms with van der Waals surface area (Å²) < 4.78 is 2.78. The van der Waals surface area contributed by atoms with Crippen molar-refractivity contribution in [1.29, 1.82) is 0 Å². The summed E-state index contributed by atoms with van der Waals surface area (Å²) in [5, 5.41) is 16.4. The maximum atomic E-state index is 11.7. The number of fused-ring (bicyclic) bond motifs is 2. The van der Waals surface area contributed by atoms with Crippen LogP contribution in [-0.2, 0) is 30.3 Å². The number of carbonyl (C=O) groups excluding carboxylic acids is 1. The average Bonchev–Trinajstić information content (AvgIpc) is 3.51. The minimum absolute atomic E-state index is 0. The Balaban J connectivity index is 0.000000385. The molecule has 1 N–H and O–H groups in total. The van der Waals surface area contributed by atoms with Crippen LogP contribution in [0.3, 0.4) is 0 Å². The number of benzene rings is 4. The van der Waals surface area contributed by atoms with E-state index in [0.717, 1.165) is 42.3 Å². The molecule has 0 bridgehead atoms. The summed E-state index contributed by atoms with van der Waals surface area (Å²) in [5.74, 6) is 0.547. The Labute approximate surface area is 361 Å². The second kappa shape index (κ2) is 19.4. The van der Waals surface area contributed by atoms with Gasteiger partial charge in [0.25, 0.3) is 0 Å². The zero-order valence-electron chi connectivity index (χ0n) is 35.9. The summed E-state index contributed by atoms with van der Waals surface area (Å²) in [5.41, 5.74) is 4.84. The predicted molar refractivity (Wildman–Crippen MR) is 246 cm³/mol. The van der Waals surface area contributed by atoms with Crippen LogP contribution < -0.4 is 14.9 Å². The van der Waals surface area contributed by atoms with Gasteiger partial charge in [-0.1, -0.05) is 159 Å². The molecule has 57 heavy (non-hydrogen) atoms. The van der Waals surface area contributed by atoms with Gasteiger partial charge in [0.1, 0.15) is 0 Å². The SMILES string of the molecule is CCC(CC)C(=O)/C=C(\O)C(CC)CC.Cc1c([Si](c2ccccc2)(c2ccccc2)C(C)(C)C)sc2c(-c3[c-]c4ccccc4c(C(C)(C)C)c3)nccc12.[Ir]. The van der Waals surface area contributed by atoms with E-state index in [2.05, 4.69) is 152 Å². The van der Waals surface area contributed by atoms with E-state index in [4.69, 9.17) is 4.98 Å². The number of hydrogen-bond acceptors (Lipinski definition) is 4. The maximum absolute atomic E-state index is 11.7. The number of allylic oxidation sites excluding steroid dienone is 2. The van der Waals surface area contributed by atoms with Gasteiger partial charge in [-0.15, -0.1) is 40.5 Å². The van der Waals surface area contributed by atoms with Crippen LogP contribution in [0.1, 0.15) is 106 Å². The molecular formula is C51H62IrNO2SSi-. The Morgan fingerprint density at radius 1 is 0.772 bits per heavy atom. The Bertz CT molecular complexity index is 2230. The molecule has 4 aromatic carbocycles. The molecule has 6 rings (SSSR count). The molecule has 6 aromatic rings. The molecule has 1 radical (unpaired) electrons. The number of rotatable bonds is 11. The van der Waals surface area contributed by atoms with Gasteiger partial charge >= 0.3 is 0 Å². The molecular weight excluding hydrogens is 911 g/mol. The number of aryl methyl sites for hydroxylation is 1. The molecule has 0 atom stereocenters. The average molecular weight is 973 g/mol. The van der Waals surface area contributed by atoms with Gasteiger partial charge in [-0.3, -0.25) is 9.78 Å². The number of aliphatic hydroxyl groups excluding tert-OH is 1. The number of ketones is 1. The van der Waals surface area contributed by atoms with E-state index in [1.54, 1.807) is 0 Å². The van der Waals surface area contributed by atoms with Gasteiger partial charge in [-0.05, 0) is 70.4 Å². The zero-order chi connectivity index (χ0) is 40.8. The van der Waals surface area contributed by atoms with Gasteiger partial charge in [-0.25, -0.2) is 0 Å². The van der Waals surface area contributed by atoms with Gasteiger partial charge in [-0.2, -0.15) is 0 Å². The monoisotopic (exact) mass is 973 g/mol. The van der Waals surface area contributed by atoms with Crippen LogP contribution in [0, 0.1) is 24.8 Å². The largest absolute Gasteiger partial charge is 0.512 e. The third kappa shape index (κ3) is 9.47. The molecule has 6 heteroatoms. The maximum Gasteiger partial charge on any atom is 0.166 e. The standard InChI is InChI=1S/C38H38NSSi.C13H24O2.Ir/c1-26-31-22-23-39-34(28-24-27-16-14-15-21-32(27)33(25-28)37(2,3)4)35(31)40-36(26)41(38(5,6)7,29-17-10-8-11-18-29)30-19-12-9-13-20-30;1-5-10(6-2)12(14)9-13(15)11(7-3)8-4;/h8-23,25H,1-7H3;9-11,14H,5-8H2,1-4H3;/q-1;;/b;12-9-;. The molecule has 2 aromatic heterocycles. The predicted octanol–water partition coefficient (Wildman–Crippen LogP) is 12.7. The molecule has 303 valence electrons. The summed E-state index contributed by atoms with van der Waals surface area (Å²) in [6.07, 6.45) is 6.90. The summed E-state index contributed by atoms with van der Waals surface area (Å²) in [7, 11) is -2.48. The summed E-state index contributed by atoms with van der Waals surface area (Å²) in [6, 6.07) is 39.5. The zero-order valence-corrected chi connectivity index (χ0v) is 40.1. The van der Waals surface area contributed by atoms with Crippen LogP contribution >= 0.6 is 11.3 Å². The molecule has 0 saturated heterocycles. The first-order chi connectivity index (χ1) is 26.6. The number of aliphatic hydroxyl groups is 1. The fourth-order valence-corrected chi connectivity index (χ4v) is 17.4. The van der Waals surface area contributed by atoms with Crippen molar-refractivity contribution in [1.82, 2.24) is 4.98 Å². The van der Waals surface area contributed by atoms with Crippen molar-refractivity contribution in [3.05, 3.63) is 132 Å². The number of pyridine rings is 1. The van der Waals surface area contributed by atoms with E-state index in [1.807, 2.05) is 45.2 Å². The molecule has 0 spiro atoms. The summed E-state index contributed by atoms with van der Waals surface area (Å²) in [4.78, 5) is 16.8. The molecule has 0 amide bonds. The van der Waals surface area contributed by atoms with Gasteiger partial charge in [0.15, 0.2) is 13.9 Å². The molecule has 0 aliphatic heterocycles. The van der Waals surface area contributed by atoms with Gasteiger partial charge in [0, 0.05) is 59.1 Å². The smallest absolute Gasteiger partial charge is 0.166 e. The van der Waals surface area contributed by atoms with Crippen LogP contribution in [0.4, 0.5) is 0 Å². The number of carbonyl (C=O) groups is 1. The van der Waals surface area contributed by atoms with Crippen LogP contribution in [0.15, 0.2) is 115 Å². The van der Waals surface area contributed by atoms with Crippen molar-refractivity contribution in [3.8, 4) is 11.3 Å². The third-order valence-corrected chi connectivity index (χ3v) is 19.7. The minimum Gasteiger partial charge on any atom is -0.512 e. The first kappa shape index (κ1) is 46.0.